The van der Waals surface area contributed by atoms with E-state index in [2.05, 4.69) is 106 Å². The van der Waals surface area contributed by atoms with Crippen LogP contribution in [0.25, 0.3) is 22.7 Å². The van der Waals surface area contributed by atoms with Crippen LogP contribution in [0.4, 0.5) is 5.69 Å². The monoisotopic (exact) mass is 566 g/mol. The summed E-state index contributed by atoms with van der Waals surface area (Å²) in [4.78, 5) is 21.2. The quantitative estimate of drug-likeness (QED) is 0.297. The third-order valence-electron chi connectivity index (χ3n) is 12.5. The Hall–Kier alpha value is -3.83. The molecule has 5 atom stereocenters. The lowest BCUT2D eigenvalue weighted by Gasteiger charge is -2.54. The largest absolute Gasteiger partial charge is 0.339 e. The van der Waals surface area contributed by atoms with Gasteiger partial charge in [0.05, 0.1) is 17.3 Å². The first-order chi connectivity index (χ1) is 21.1. The maximum Gasteiger partial charge on any atom is 0.223 e. The summed E-state index contributed by atoms with van der Waals surface area (Å²) in [5.41, 5.74) is 12.9. The fraction of sp³-hybridized carbons (Fsp3) is 0.395. The van der Waals surface area contributed by atoms with Crippen LogP contribution in [-0.2, 0) is 16.6 Å². The van der Waals surface area contributed by atoms with E-state index in [9.17, 15) is 4.79 Å². The fourth-order valence-electron chi connectivity index (χ4n) is 10.7. The van der Waals surface area contributed by atoms with Gasteiger partial charge >= 0.3 is 0 Å². The normalized spacial score (nSPS) is 33.9. The van der Waals surface area contributed by atoms with Crippen LogP contribution in [-0.4, -0.2) is 58.5 Å². The molecule has 1 spiro atoms. The standard InChI is InChI=1S/C38H38N4O/c1-3-23-19-39-16-14-38-31-10-6-8-12-33(31)42-21-29-28-18-35(43)40(20-24(28)4-2)15-13-26-25-9-5-7-11-32(25)41(36(26)29)22-30(37(38)42)27(23)17-34(38)39/h3-12,21-22,27-28,34,37H,13-20H2,1-2H3/b23-3-,24-4-,29-21?,30-22?/t27-,28-,34-,37-,38+/m0/s1. The van der Waals surface area contributed by atoms with Crippen molar-refractivity contribution in [2.75, 3.05) is 31.1 Å². The third kappa shape index (κ3) is 2.90. The lowest BCUT2D eigenvalue weighted by molar-refractivity contribution is -0.132. The lowest BCUT2D eigenvalue weighted by atomic mass is 9.58. The number of fused-ring (bicyclic) bond motifs is 9. The van der Waals surface area contributed by atoms with Crippen molar-refractivity contribution in [3.63, 3.8) is 0 Å². The second-order valence-electron chi connectivity index (χ2n) is 13.9. The van der Waals surface area contributed by atoms with Gasteiger partial charge in [-0.2, -0.15) is 0 Å². The summed E-state index contributed by atoms with van der Waals surface area (Å²) in [6.45, 7) is 8.19. The van der Waals surface area contributed by atoms with Gasteiger partial charge in [0.2, 0.25) is 5.91 Å². The summed E-state index contributed by atoms with van der Waals surface area (Å²) in [6, 6.07) is 19.2. The van der Waals surface area contributed by atoms with E-state index in [1.807, 2.05) is 0 Å². The second kappa shape index (κ2) is 8.41. The predicted octanol–water partition coefficient (Wildman–Crippen LogP) is 6.37. The number of carbonyl (C=O) groups excluding carboxylic acids is 1. The summed E-state index contributed by atoms with van der Waals surface area (Å²) in [5, 5.41) is 1.34. The summed E-state index contributed by atoms with van der Waals surface area (Å²) >= 11 is 0. The Kier molecular flexibility index (Phi) is 4.81. The minimum absolute atomic E-state index is 0.0830. The zero-order chi connectivity index (χ0) is 28.6. The first kappa shape index (κ1) is 24.6. The second-order valence-corrected chi connectivity index (χ2v) is 13.9. The van der Waals surface area contributed by atoms with Crippen molar-refractivity contribution in [3.05, 3.63) is 100 Å². The Morgan fingerprint density at radius 3 is 2.60 bits per heavy atom. The SMILES string of the molecule is C/C=C1/CN2CCc3c4n(c5ccccc35)C=C3[C@H]5C[C@@H]6N(CC[C@@]67c6ccccc6N(C=C4[C@H]1CC2=O)[C@@H]37)C/C5=C/C. The van der Waals surface area contributed by atoms with Crippen LogP contribution in [0.15, 0.2) is 83.6 Å². The van der Waals surface area contributed by atoms with Crippen molar-refractivity contribution in [1.29, 1.82) is 0 Å². The van der Waals surface area contributed by atoms with E-state index in [4.69, 9.17) is 0 Å². The highest BCUT2D eigenvalue weighted by atomic mass is 16.2. The van der Waals surface area contributed by atoms with E-state index in [1.54, 1.807) is 11.1 Å². The molecule has 216 valence electrons. The molecule has 1 saturated carbocycles. The van der Waals surface area contributed by atoms with Crippen LogP contribution < -0.4 is 4.90 Å². The summed E-state index contributed by atoms with van der Waals surface area (Å²) in [7, 11) is 0. The van der Waals surface area contributed by atoms with Gasteiger partial charge in [0, 0.05) is 78.4 Å². The topological polar surface area (TPSA) is 31.7 Å². The molecule has 0 radical (unpaired) electrons. The minimum Gasteiger partial charge on any atom is -0.339 e. The number of hydrogen-bond acceptors (Lipinski definition) is 3. The zero-order valence-electron chi connectivity index (χ0n) is 25.1. The van der Waals surface area contributed by atoms with Gasteiger partial charge in [-0.1, -0.05) is 54.1 Å². The Balaban J connectivity index is 1.35. The Labute approximate surface area is 253 Å². The average Bonchev–Trinajstić information content (AvgIpc) is 3.67. The van der Waals surface area contributed by atoms with Crippen molar-refractivity contribution in [1.82, 2.24) is 14.4 Å². The number of piperidine rings is 2. The van der Waals surface area contributed by atoms with Crippen LogP contribution in [0.5, 0.6) is 0 Å². The van der Waals surface area contributed by atoms with Crippen LogP contribution in [0, 0.1) is 11.8 Å². The molecule has 3 saturated heterocycles. The molecule has 0 unspecified atom stereocenters. The molecule has 4 fully saturated rings. The summed E-state index contributed by atoms with van der Waals surface area (Å²) < 4.78 is 2.58. The molecule has 11 rings (SSSR count). The maximum atomic E-state index is 13.6. The van der Waals surface area contributed by atoms with E-state index in [1.165, 1.54) is 57.4 Å². The van der Waals surface area contributed by atoms with Crippen LogP contribution in [0.2, 0.25) is 0 Å². The number of rotatable bonds is 0. The Morgan fingerprint density at radius 1 is 0.907 bits per heavy atom. The fourth-order valence-corrected chi connectivity index (χ4v) is 10.7. The molecule has 3 aromatic rings. The molecule has 8 heterocycles. The highest BCUT2D eigenvalue weighted by Gasteiger charge is 2.66. The first-order valence-corrected chi connectivity index (χ1v) is 16.4. The van der Waals surface area contributed by atoms with Gasteiger partial charge in [-0.15, -0.1) is 0 Å². The van der Waals surface area contributed by atoms with Crippen molar-refractivity contribution < 1.29 is 4.79 Å². The number of hydrogen-bond donors (Lipinski definition) is 0. The Bertz CT molecular complexity index is 1890. The van der Waals surface area contributed by atoms with Crippen LogP contribution >= 0.6 is 0 Å². The number of para-hydroxylation sites is 2. The molecule has 0 N–H and O–H groups in total. The number of benzene rings is 2. The average molecular weight is 567 g/mol. The van der Waals surface area contributed by atoms with Gasteiger partial charge < -0.3 is 14.4 Å². The highest BCUT2D eigenvalue weighted by molar-refractivity contribution is 5.96. The van der Waals surface area contributed by atoms with Gasteiger partial charge in [0.15, 0.2) is 0 Å². The van der Waals surface area contributed by atoms with Gasteiger partial charge in [0.25, 0.3) is 0 Å². The number of nitrogens with zero attached hydrogens (tertiary/aromatic N) is 4. The molecule has 8 aliphatic rings. The highest BCUT2D eigenvalue weighted by Crippen LogP contribution is 2.64. The van der Waals surface area contributed by atoms with Gasteiger partial charge in [-0.25, -0.2) is 0 Å². The molecule has 7 aliphatic heterocycles. The molecular formula is C38H38N4O. The molecule has 1 amide bonds. The number of anilines is 1. The molecule has 1 aromatic heterocycles. The third-order valence-corrected chi connectivity index (χ3v) is 12.5. The molecule has 2 aromatic carbocycles. The molecule has 43 heavy (non-hydrogen) atoms. The number of amides is 1. The van der Waals surface area contributed by atoms with E-state index >= 15 is 0 Å². The van der Waals surface area contributed by atoms with E-state index in [-0.39, 0.29) is 17.4 Å². The number of aromatic nitrogens is 1. The van der Waals surface area contributed by atoms with E-state index in [0.717, 1.165) is 32.6 Å². The summed E-state index contributed by atoms with van der Waals surface area (Å²) in [6.07, 6.45) is 13.7. The predicted molar refractivity (Wildman–Crippen MR) is 173 cm³/mol. The van der Waals surface area contributed by atoms with Crippen molar-refractivity contribution >= 4 is 34.3 Å². The van der Waals surface area contributed by atoms with E-state index < -0.39 is 0 Å². The smallest absolute Gasteiger partial charge is 0.223 e. The number of allylic oxidation sites excluding steroid dienone is 3. The van der Waals surface area contributed by atoms with Crippen molar-refractivity contribution in [3.8, 4) is 0 Å². The zero-order valence-corrected chi connectivity index (χ0v) is 25.1. The van der Waals surface area contributed by atoms with Crippen LogP contribution in [0.1, 0.15) is 49.9 Å². The van der Waals surface area contributed by atoms with Gasteiger partial charge in [-0.3, -0.25) is 9.69 Å². The molecule has 5 nitrogen and oxygen atoms in total. The summed E-state index contributed by atoms with van der Waals surface area (Å²) in [5.74, 6) is 0.837. The lowest BCUT2D eigenvalue weighted by Crippen LogP contribution is -2.60. The van der Waals surface area contributed by atoms with Gasteiger partial charge in [-0.05, 0) is 74.1 Å². The molecule has 5 heteroatoms. The van der Waals surface area contributed by atoms with Crippen molar-refractivity contribution in [2.45, 2.75) is 57.0 Å². The minimum atomic E-state index is 0.0830. The molecular weight excluding hydrogens is 528 g/mol. The van der Waals surface area contributed by atoms with Crippen molar-refractivity contribution in [2.24, 2.45) is 11.8 Å². The van der Waals surface area contributed by atoms with Gasteiger partial charge in [0.1, 0.15) is 0 Å². The Morgan fingerprint density at radius 2 is 1.72 bits per heavy atom. The number of carbonyl (C=O) groups is 1. The van der Waals surface area contributed by atoms with E-state index in [0.29, 0.717) is 24.3 Å². The van der Waals surface area contributed by atoms with Crippen LogP contribution in [0.3, 0.4) is 0 Å². The maximum absolute atomic E-state index is 13.6. The molecule has 4 bridgehead atoms. The molecule has 1 aliphatic carbocycles. The first-order valence-electron chi connectivity index (χ1n) is 16.4.